The molecule has 1 aromatic carbocycles. The largest absolute Gasteiger partial charge is 0.444 e. The number of carbonyl (C=O) groups is 1. The second kappa shape index (κ2) is 6.10. The molecule has 1 amide bonds. The van der Waals surface area contributed by atoms with Crippen LogP contribution in [0.2, 0.25) is 5.02 Å². The highest BCUT2D eigenvalue weighted by molar-refractivity contribution is 6.31. The highest BCUT2D eigenvalue weighted by atomic mass is 35.5. The molecule has 0 fully saturated rings. The van der Waals surface area contributed by atoms with E-state index in [0.717, 1.165) is 4.90 Å². The van der Waals surface area contributed by atoms with Gasteiger partial charge in [0.05, 0.1) is 6.07 Å². The van der Waals surface area contributed by atoms with Crippen molar-refractivity contribution in [2.24, 2.45) is 0 Å². The molecule has 0 N–H and O–H groups in total. The van der Waals surface area contributed by atoms with E-state index in [9.17, 15) is 14.4 Å². The molecule has 6 heteroatoms. The van der Waals surface area contributed by atoms with Crippen LogP contribution < -0.4 is 0 Å². The van der Waals surface area contributed by atoms with Crippen LogP contribution >= 0.6 is 11.6 Å². The number of hydrogen-bond donors (Lipinski definition) is 0. The molecule has 0 heterocycles. The Morgan fingerprint density at radius 1 is 1.50 bits per heavy atom. The summed E-state index contributed by atoms with van der Waals surface area (Å²) in [6.45, 7) is 5.11. The van der Waals surface area contributed by atoms with Gasteiger partial charge in [-0.3, -0.25) is 4.90 Å². The second-order valence-electron chi connectivity index (χ2n) is 5.26. The number of ether oxygens (including phenoxy) is 1. The van der Waals surface area contributed by atoms with Crippen LogP contribution in [0.3, 0.4) is 0 Å². The molecule has 1 unspecified atom stereocenters. The Morgan fingerprint density at radius 2 is 2.10 bits per heavy atom. The highest BCUT2D eigenvalue weighted by Crippen LogP contribution is 2.29. The number of nitrogens with zero attached hydrogens (tertiary/aromatic N) is 2. The zero-order valence-electron chi connectivity index (χ0n) is 11.8. The minimum Gasteiger partial charge on any atom is -0.444 e. The Morgan fingerprint density at radius 3 is 2.55 bits per heavy atom. The van der Waals surface area contributed by atoms with Crippen LogP contribution in [0.15, 0.2) is 18.2 Å². The van der Waals surface area contributed by atoms with Gasteiger partial charge in [-0.2, -0.15) is 5.26 Å². The molecule has 0 aliphatic heterocycles. The van der Waals surface area contributed by atoms with E-state index in [-0.39, 0.29) is 10.6 Å². The van der Waals surface area contributed by atoms with Crippen LogP contribution in [0.4, 0.5) is 9.18 Å². The predicted octanol–water partition coefficient (Wildman–Crippen LogP) is 3.91. The van der Waals surface area contributed by atoms with Gasteiger partial charge in [0.1, 0.15) is 11.4 Å². The van der Waals surface area contributed by atoms with E-state index >= 15 is 0 Å². The van der Waals surface area contributed by atoms with Crippen LogP contribution in [-0.2, 0) is 4.74 Å². The number of nitriles is 1. The highest BCUT2D eigenvalue weighted by Gasteiger charge is 2.29. The van der Waals surface area contributed by atoms with Crippen molar-refractivity contribution in [3.05, 3.63) is 34.6 Å². The summed E-state index contributed by atoms with van der Waals surface area (Å²) in [4.78, 5) is 13.0. The van der Waals surface area contributed by atoms with Gasteiger partial charge in [-0.15, -0.1) is 0 Å². The van der Waals surface area contributed by atoms with Crippen molar-refractivity contribution in [2.45, 2.75) is 32.4 Å². The van der Waals surface area contributed by atoms with Gasteiger partial charge < -0.3 is 4.74 Å². The summed E-state index contributed by atoms with van der Waals surface area (Å²) in [5, 5.41) is 9.31. The van der Waals surface area contributed by atoms with E-state index in [1.54, 1.807) is 20.8 Å². The molecule has 20 heavy (non-hydrogen) atoms. The molecule has 0 spiro atoms. The van der Waals surface area contributed by atoms with Gasteiger partial charge in [-0.05, 0) is 32.9 Å². The Labute approximate surface area is 122 Å². The molecule has 4 nitrogen and oxygen atoms in total. The van der Waals surface area contributed by atoms with Gasteiger partial charge in [0.2, 0.25) is 0 Å². The van der Waals surface area contributed by atoms with Crippen molar-refractivity contribution < 1.29 is 13.9 Å². The Balaban J connectivity index is 3.09. The Kier molecular flexibility index (Phi) is 4.96. The molecule has 0 aliphatic rings. The lowest BCUT2D eigenvalue weighted by Crippen LogP contribution is -2.36. The van der Waals surface area contributed by atoms with Crippen molar-refractivity contribution in [3.63, 3.8) is 0 Å². The lowest BCUT2D eigenvalue weighted by atomic mass is 10.1. The van der Waals surface area contributed by atoms with Crippen molar-refractivity contribution in [1.29, 1.82) is 5.26 Å². The summed E-state index contributed by atoms with van der Waals surface area (Å²) in [6, 6.07) is 4.80. The van der Waals surface area contributed by atoms with Crippen molar-refractivity contribution >= 4 is 17.7 Å². The SMILES string of the molecule is CN(C(=O)OC(C)(C)C)C(C#N)c1c(F)cccc1Cl. The molecule has 1 rings (SSSR count). The average Bonchev–Trinajstić information content (AvgIpc) is 2.31. The van der Waals surface area contributed by atoms with Gasteiger partial charge in [-0.25, -0.2) is 9.18 Å². The molecule has 1 aromatic rings. The normalized spacial score (nSPS) is 12.4. The summed E-state index contributed by atoms with van der Waals surface area (Å²) < 4.78 is 19.0. The van der Waals surface area contributed by atoms with Gasteiger partial charge in [-0.1, -0.05) is 17.7 Å². The Hall–Kier alpha value is -1.80. The van der Waals surface area contributed by atoms with Gasteiger partial charge in [0, 0.05) is 17.6 Å². The van der Waals surface area contributed by atoms with E-state index < -0.39 is 23.6 Å². The number of hydrogen-bond acceptors (Lipinski definition) is 3. The fourth-order valence-electron chi connectivity index (χ4n) is 1.56. The molecular formula is C14H16ClFN2O2. The van der Waals surface area contributed by atoms with Crippen LogP contribution in [0.5, 0.6) is 0 Å². The molecule has 0 radical (unpaired) electrons. The molecule has 0 saturated heterocycles. The van der Waals surface area contributed by atoms with Crippen molar-refractivity contribution in [2.75, 3.05) is 7.05 Å². The molecule has 0 bridgehead atoms. The summed E-state index contributed by atoms with van der Waals surface area (Å²) in [5.74, 6) is -0.639. The minimum absolute atomic E-state index is 0.0370. The molecule has 0 aromatic heterocycles. The fraction of sp³-hybridized carbons (Fsp3) is 0.429. The van der Waals surface area contributed by atoms with Crippen LogP contribution in [0.1, 0.15) is 32.4 Å². The zero-order chi connectivity index (χ0) is 15.5. The van der Waals surface area contributed by atoms with Gasteiger partial charge >= 0.3 is 6.09 Å². The smallest absolute Gasteiger partial charge is 0.411 e. The Bertz CT molecular complexity index is 529. The lowest BCUT2D eigenvalue weighted by Gasteiger charge is -2.28. The molecule has 108 valence electrons. The van der Waals surface area contributed by atoms with Crippen molar-refractivity contribution in [1.82, 2.24) is 4.90 Å². The average molecular weight is 299 g/mol. The maximum Gasteiger partial charge on any atom is 0.411 e. The molecule has 0 saturated carbocycles. The number of rotatable bonds is 2. The molecule has 0 aliphatic carbocycles. The topological polar surface area (TPSA) is 53.3 Å². The summed E-state index contributed by atoms with van der Waals surface area (Å²) >= 11 is 5.91. The lowest BCUT2D eigenvalue weighted by molar-refractivity contribution is 0.0256. The third-order valence-electron chi connectivity index (χ3n) is 2.46. The number of benzene rings is 1. The standard InChI is InChI=1S/C14H16ClFN2O2/c1-14(2,3)20-13(19)18(4)11(8-17)12-9(15)6-5-7-10(12)16/h5-7,11H,1-4H3. The summed E-state index contributed by atoms with van der Waals surface area (Å²) in [5.41, 5.74) is -0.741. The first-order chi connectivity index (χ1) is 9.17. The van der Waals surface area contributed by atoms with E-state index in [2.05, 4.69) is 0 Å². The van der Waals surface area contributed by atoms with Crippen molar-refractivity contribution in [3.8, 4) is 6.07 Å². The monoisotopic (exact) mass is 298 g/mol. The van der Waals surface area contributed by atoms with E-state index in [4.69, 9.17) is 16.3 Å². The maximum atomic E-state index is 13.8. The zero-order valence-corrected chi connectivity index (χ0v) is 12.5. The van der Waals surface area contributed by atoms with Crippen LogP contribution in [0.25, 0.3) is 0 Å². The van der Waals surface area contributed by atoms with Crippen LogP contribution in [-0.4, -0.2) is 23.6 Å². The quantitative estimate of drug-likeness (QED) is 0.832. The second-order valence-corrected chi connectivity index (χ2v) is 5.67. The number of amides is 1. The van der Waals surface area contributed by atoms with Crippen LogP contribution in [0, 0.1) is 17.1 Å². The maximum absolute atomic E-state index is 13.8. The molecule has 1 atom stereocenters. The van der Waals surface area contributed by atoms with Gasteiger partial charge in [0.15, 0.2) is 6.04 Å². The summed E-state index contributed by atoms with van der Waals surface area (Å²) in [7, 11) is 1.37. The van der Waals surface area contributed by atoms with Gasteiger partial charge in [0.25, 0.3) is 0 Å². The predicted molar refractivity (Wildman–Crippen MR) is 73.8 cm³/mol. The third kappa shape index (κ3) is 3.84. The number of halogens is 2. The molecular weight excluding hydrogens is 283 g/mol. The number of carbonyl (C=O) groups excluding carboxylic acids is 1. The minimum atomic E-state index is -1.15. The summed E-state index contributed by atoms with van der Waals surface area (Å²) in [6.07, 6.45) is -0.719. The first-order valence-corrected chi connectivity index (χ1v) is 6.34. The fourth-order valence-corrected chi connectivity index (χ4v) is 1.82. The first kappa shape index (κ1) is 16.3. The van der Waals surface area contributed by atoms with E-state index in [1.165, 1.54) is 25.2 Å². The first-order valence-electron chi connectivity index (χ1n) is 5.96. The third-order valence-corrected chi connectivity index (χ3v) is 2.79. The van der Waals surface area contributed by atoms with E-state index in [1.807, 2.05) is 6.07 Å². The van der Waals surface area contributed by atoms with E-state index in [0.29, 0.717) is 0 Å².